The molecule has 0 aliphatic heterocycles. The van der Waals surface area contributed by atoms with E-state index in [-0.39, 0.29) is 12.1 Å². The van der Waals surface area contributed by atoms with Crippen LogP contribution in [0.3, 0.4) is 0 Å². The van der Waals surface area contributed by atoms with E-state index in [4.69, 9.17) is 0 Å². The van der Waals surface area contributed by atoms with Gasteiger partial charge in [-0.25, -0.2) is 0 Å². The monoisotopic (exact) mass is 279 g/mol. The van der Waals surface area contributed by atoms with Crippen molar-refractivity contribution in [3.63, 3.8) is 0 Å². The van der Waals surface area contributed by atoms with Crippen LogP contribution in [0.25, 0.3) is 0 Å². The van der Waals surface area contributed by atoms with Crippen molar-refractivity contribution in [2.45, 2.75) is 71.0 Å². The number of aliphatic hydroxyl groups excluding tert-OH is 1. The second kappa shape index (κ2) is 6.72. The van der Waals surface area contributed by atoms with Gasteiger partial charge in [-0.15, -0.1) is 0 Å². The Morgan fingerprint density at radius 2 is 2.40 bits per heavy atom. The van der Waals surface area contributed by atoms with Crippen LogP contribution in [0.4, 0.5) is 0 Å². The fraction of sp³-hybridized carbons (Fsp3) is 0.812. The molecule has 1 aromatic heterocycles. The molecular weight excluding hydrogens is 250 g/mol. The predicted octanol–water partition coefficient (Wildman–Crippen LogP) is 2.88. The highest BCUT2D eigenvalue weighted by Gasteiger charge is 2.33. The van der Waals surface area contributed by atoms with Gasteiger partial charge in [-0.05, 0) is 38.2 Å². The summed E-state index contributed by atoms with van der Waals surface area (Å²) in [7, 11) is 0. The highest BCUT2D eigenvalue weighted by atomic mass is 16.3. The smallest absolute Gasteiger partial charge is 0.0762 e. The van der Waals surface area contributed by atoms with Crippen LogP contribution in [0.1, 0.15) is 64.6 Å². The molecule has 3 atom stereocenters. The molecule has 2 rings (SSSR count). The zero-order valence-electron chi connectivity index (χ0n) is 13.1. The Morgan fingerprint density at radius 1 is 1.60 bits per heavy atom. The van der Waals surface area contributed by atoms with E-state index in [1.807, 2.05) is 4.68 Å². The van der Waals surface area contributed by atoms with E-state index in [0.717, 1.165) is 31.5 Å². The van der Waals surface area contributed by atoms with Gasteiger partial charge >= 0.3 is 0 Å². The average Bonchev–Trinajstić information content (AvgIpc) is 2.93. The summed E-state index contributed by atoms with van der Waals surface area (Å²) >= 11 is 0. The summed E-state index contributed by atoms with van der Waals surface area (Å²) in [5.74, 6) is 0.695. The van der Waals surface area contributed by atoms with Crippen molar-refractivity contribution in [1.29, 1.82) is 0 Å². The minimum atomic E-state index is -0.0994. The topological polar surface area (TPSA) is 50.1 Å². The van der Waals surface area contributed by atoms with Crippen molar-refractivity contribution in [1.82, 2.24) is 15.1 Å². The molecular formula is C16H29N3O. The van der Waals surface area contributed by atoms with Crippen LogP contribution in [0.5, 0.6) is 0 Å². The van der Waals surface area contributed by atoms with Crippen molar-refractivity contribution >= 4 is 0 Å². The largest absolute Gasteiger partial charge is 0.394 e. The van der Waals surface area contributed by atoms with Crippen molar-refractivity contribution in [3.05, 3.63) is 18.0 Å². The van der Waals surface area contributed by atoms with E-state index < -0.39 is 0 Å². The van der Waals surface area contributed by atoms with Crippen molar-refractivity contribution in [2.75, 3.05) is 6.61 Å². The summed E-state index contributed by atoms with van der Waals surface area (Å²) in [5, 5.41) is 18.0. The van der Waals surface area contributed by atoms with Gasteiger partial charge in [0.25, 0.3) is 0 Å². The summed E-state index contributed by atoms with van der Waals surface area (Å²) in [5.41, 5.74) is 0.967. The van der Waals surface area contributed by atoms with Gasteiger partial charge in [-0.3, -0.25) is 4.68 Å². The van der Waals surface area contributed by atoms with Gasteiger partial charge in [0.05, 0.1) is 12.3 Å². The SMILES string of the molecule is CCC(C)n1ccc(CNC2(CO)CCCC(C)C2)n1. The lowest BCUT2D eigenvalue weighted by molar-refractivity contribution is 0.0978. The number of aromatic nitrogens is 2. The Kier molecular flexibility index (Phi) is 5.22. The number of rotatable bonds is 6. The Bertz CT molecular complexity index is 418. The highest BCUT2D eigenvalue weighted by Crippen LogP contribution is 2.32. The first-order valence-corrected chi connectivity index (χ1v) is 7.98. The molecule has 1 aromatic rings. The lowest BCUT2D eigenvalue weighted by atomic mass is 9.77. The molecule has 4 heteroatoms. The molecule has 0 saturated heterocycles. The molecule has 1 aliphatic carbocycles. The maximum Gasteiger partial charge on any atom is 0.0762 e. The normalized spacial score (nSPS) is 28.5. The maximum atomic E-state index is 9.78. The van der Waals surface area contributed by atoms with Crippen LogP contribution < -0.4 is 5.32 Å². The molecule has 4 nitrogen and oxygen atoms in total. The lowest BCUT2D eigenvalue weighted by Gasteiger charge is -2.39. The molecule has 0 amide bonds. The summed E-state index contributed by atoms with van der Waals surface area (Å²) in [6.45, 7) is 7.61. The number of hydrogen-bond donors (Lipinski definition) is 2. The maximum absolute atomic E-state index is 9.78. The second-order valence-corrected chi connectivity index (χ2v) is 6.54. The number of hydrogen-bond acceptors (Lipinski definition) is 3. The highest BCUT2D eigenvalue weighted by molar-refractivity contribution is 5.02. The first-order chi connectivity index (χ1) is 9.58. The molecule has 0 aromatic carbocycles. The first-order valence-electron chi connectivity index (χ1n) is 7.98. The molecule has 114 valence electrons. The summed E-state index contributed by atoms with van der Waals surface area (Å²) < 4.78 is 2.03. The second-order valence-electron chi connectivity index (χ2n) is 6.54. The lowest BCUT2D eigenvalue weighted by Crippen LogP contribution is -2.51. The van der Waals surface area contributed by atoms with E-state index >= 15 is 0 Å². The van der Waals surface area contributed by atoms with Gasteiger partial charge in [0.15, 0.2) is 0 Å². The molecule has 0 bridgehead atoms. The summed E-state index contributed by atoms with van der Waals surface area (Å²) in [4.78, 5) is 0. The van der Waals surface area contributed by atoms with Crippen LogP contribution in [-0.4, -0.2) is 27.0 Å². The van der Waals surface area contributed by atoms with Crippen LogP contribution >= 0.6 is 0 Å². The van der Waals surface area contributed by atoms with Crippen molar-refractivity contribution < 1.29 is 5.11 Å². The zero-order chi connectivity index (χ0) is 14.6. The number of nitrogens with one attached hydrogen (secondary N) is 1. The summed E-state index contributed by atoms with van der Waals surface area (Å²) in [6, 6.07) is 2.53. The zero-order valence-corrected chi connectivity index (χ0v) is 13.1. The minimum Gasteiger partial charge on any atom is -0.394 e. The van der Waals surface area contributed by atoms with Crippen molar-refractivity contribution in [2.24, 2.45) is 5.92 Å². The molecule has 1 heterocycles. The Labute approximate surface area is 122 Å². The molecule has 3 unspecified atom stereocenters. The fourth-order valence-corrected chi connectivity index (χ4v) is 3.20. The molecule has 0 radical (unpaired) electrons. The predicted molar refractivity (Wildman–Crippen MR) is 81.5 cm³/mol. The third-order valence-corrected chi connectivity index (χ3v) is 4.74. The standard InChI is InChI=1S/C16H29N3O/c1-4-14(3)19-9-7-15(18-19)11-17-16(12-20)8-5-6-13(2)10-16/h7,9,13-14,17,20H,4-6,8,10-12H2,1-3H3. The molecule has 1 aliphatic rings. The molecule has 1 fully saturated rings. The van der Waals surface area contributed by atoms with Gasteiger partial charge in [-0.1, -0.05) is 26.7 Å². The van der Waals surface area contributed by atoms with Gasteiger partial charge in [0.1, 0.15) is 0 Å². The van der Waals surface area contributed by atoms with Gasteiger partial charge in [0, 0.05) is 24.3 Å². The van der Waals surface area contributed by atoms with E-state index in [9.17, 15) is 5.11 Å². The quantitative estimate of drug-likeness (QED) is 0.842. The van der Waals surface area contributed by atoms with E-state index in [1.54, 1.807) is 0 Å². The Hall–Kier alpha value is -0.870. The van der Waals surface area contributed by atoms with E-state index in [1.165, 1.54) is 12.8 Å². The van der Waals surface area contributed by atoms with Gasteiger partial charge < -0.3 is 10.4 Å². The molecule has 1 saturated carbocycles. The van der Waals surface area contributed by atoms with Gasteiger partial charge in [-0.2, -0.15) is 5.10 Å². The van der Waals surface area contributed by atoms with Crippen LogP contribution in [-0.2, 0) is 6.54 Å². The Morgan fingerprint density at radius 3 is 3.05 bits per heavy atom. The van der Waals surface area contributed by atoms with Crippen LogP contribution in [0.2, 0.25) is 0 Å². The first kappa shape index (κ1) is 15.5. The number of aliphatic hydroxyl groups is 1. The van der Waals surface area contributed by atoms with Crippen LogP contribution in [0.15, 0.2) is 12.3 Å². The molecule has 20 heavy (non-hydrogen) atoms. The van der Waals surface area contributed by atoms with E-state index in [2.05, 4.69) is 43.4 Å². The van der Waals surface area contributed by atoms with Gasteiger partial charge in [0.2, 0.25) is 0 Å². The number of nitrogens with zero attached hydrogens (tertiary/aromatic N) is 2. The molecule has 0 spiro atoms. The van der Waals surface area contributed by atoms with E-state index in [0.29, 0.717) is 12.0 Å². The van der Waals surface area contributed by atoms with Crippen molar-refractivity contribution in [3.8, 4) is 0 Å². The minimum absolute atomic E-state index is 0.0994. The average molecular weight is 279 g/mol. The summed E-state index contributed by atoms with van der Waals surface area (Å²) in [6.07, 6.45) is 7.77. The third-order valence-electron chi connectivity index (χ3n) is 4.74. The van der Waals surface area contributed by atoms with Crippen LogP contribution in [0, 0.1) is 5.92 Å². The third kappa shape index (κ3) is 3.61. The molecule has 2 N–H and O–H groups in total. The fourth-order valence-electron chi connectivity index (χ4n) is 3.20. The Balaban J connectivity index is 1.94.